The van der Waals surface area contributed by atoms with Crippen molar-refractivity contribution in [2.24, 2.45) is 5.92 Å². The summed E-state index contributed by atoms with van der Waals surface area (Å²) in [5.41, 5.74) is 0. The van der Waals surface area contributed by atoms with Crippen molar-refractivity contribution in [3.63, 3.8) is 0 Å². The van der Waals surface area contributed by atoms with Gasteiger partial charge in [-0.2, -0.15) is 0 Å². The topological polar surface area (TPSA) is 75.6 Å². The van der Waals surface area contributed by atoms with Gasteiger partial charge in [0.2, 0.25) is 5.91 Å². The van der Waals surface area contributed by atoms with Gasteiger partial charge in [-0.1, -0.05) is 13.8 Å². The summed E-state index contributed by atoms with van der Waals surface area (Å²) in [6, 6.07) is -0.299. The minimum atomic E-state index is -0.890. The van der Waals surface area contributed by atoms with Crippen molar-refractivity contribution in [3.05, 3.63) is 0 Å². The van der Waals surface area contributed by atoms with Gasteiger partial charge in [0.05, 0.1) is 6.42 Å². The van der Waals surface area contributed by atoms with Gasteiger partial charge in [-0.25, -0.2) is 0 Å². The fourth-order valence-electron chi connectivity index (χ4n) is 1.40. The van der Waals surface area contributed by atoms with Gasteiger partial charge < -0.3 is 15.2 Å². The number of hydrogen-bond donors (Lipinski definition) is 2. The Labute approximate surface area is 103 Å². The van der Waals surface area contributed by atoms with E-state index in [1.165, 1.54) is 0 Å². The molecule has 100 valence electrons. The Morgan fingerprint density at radius 2 is 2.00 bits per heavy atom. The Hall–Kier alpha value is -1.10. The molecule has 1 amide bonds. The van der Waals surface area contributed by atoms with Gasteiger partial charge in [0, 0.05) is 25.7 Å². The number of carboxylic acid groups (broad SMARTS) is 1. The van der Waals surface area contributed by atoms with E-state index in [1.807, 2.05) is 20.8 Å². The van der Waals surface area contributed by atoms with Crippen molar-refractivity contribution in [2.75, 3.05) is 13.2 Å². The van der Waals surface area contributed by atoms with Crippen molar-refractivity contribution >= 4 is 11.9 Å². The molecular formula is C12H23NO4. The molecule has 0 fully saturated rings. The van der Waals surface area contributed by atoms with Crippen LogP contribution < -0.4 is 5.32 Å². The predicted octanol–water partition coefficient (Wildman–Crippen LogP) is 1.42. The zero-order chi connectivity index (χ0) is 13.3. The summed E-state index contributed by atoms with van der Waals surface area (Å²) < 4.78 is 5.13. The lowest BCUT2D eigenvalue weighted by Crippen LogP contribution is -2.40. The largest absolute Gasteiger partial charge is 0.481 e. The molecule has 0 aliphatic carbocycles. The molecule has 0 aromatic heterocycles. The van der Waals surface area contributed by atoms with Crippen LogP contribution in [0.15, 0.2) is 0 Å². The SMILES string of the molecule is CCOCCCC(=O)NC(CC(=O)O)C(C)C. The van der Waals surface area contributed by atoms with E-state index in [4.69, 9.17) is 9.84 Å². The summed E-state index contributed by atoms with van der Waals surface area (Å²) in [4.78, 5) is 22.2. The Balaban J connectivity index is 3.91. The molecule has 17 heavy (non-hydrogen) atoms. The number of carboxylic acids is 1. The summed E-state index contributed by atoms with van der Waals surface area (Å²) in [6.45, 7) is 6.91. The minimum Gasteiger partial charge on any atom is -0.481 e. The summed E-state index contributed by atoms with van der Waals surface area (Å²) in [6.07, 6.45) is 1.01. The van der Waals surface area contributed by atoms with Crippen molar-refractivity contribution in [1.82, 2.24) is 5.32 Å². The van der Waals surface area contributed by atoms with Gasteiger partial charge >= 0.3 is 5.97 Å². The summed E-state index contributed by atoms with van der Waals surface area (Å²) in [5, 5.41) is 11.5. The number of carbonyl (C=O) groups is 2. The van der Waals surface area contributed by atoms with E-state index in [2.05, 4.69) is 5.32 Å². The number of ether oxygens (including phenoxy) is 1. The zero-order valence-electron chi connectivity index (χ0n) is 10.9. The van der Waals surface area contributed by atoms with Crippen LogP contribution >= 0.6 is 0 Å². The smallest absolute Gasteiger partial charge is 0.305 e. The second kappa shape index (κ2) is 8.98. The highest BCUT2D eigenvalue weighted by Gasteiger charge is 2.18. The van der Waals surface area contributed by atoms with Crippen LogP contribution in [0.4, 0.5) is 0 Å². The van der Waals surface area contributed by atoms with Crippen LogP contribution in [0.3, 0.4) is 0 Å². The lowest BCUT2D eigenvalue weighted by molar-refractivity contribution is -0.138. The Bertz CT molecular complexity index is 241. The van der Waals surface area contributed by atoms with Crippen molar-refractivity contribution < 1.29 is 19.4 Å². The molecule has 0 saturated carbocycles. The van der Waals surface area contributed by atoms with Crippen LogP contribution in [0.1, 0.15) is 40.0 Å². The fraction of sp³-hybridized carbons (Fsp3) is 0.833. The van der Waals surface area contributed by atoms with E-state index in [-0.39, 0.29) is 24.3 Å². The third kappa shape index (κ3) is 8.68. The molecule has 0 aliphatic rings. The Morgan fingerprint density at radius 1 is 1.35 bits per heavy atom. The first-order valence-corrected chi connectivity index (χ1v) is 6.06. The third-order valence-corrected chi connectivity index (χ3v) is 2.44. The predicted molar refractivity (Wildman–Crippen MR) is 64.7 cm³/mol. The van der Waals surface area contributed by atoms with E-state index in [9.17, 15) is 9.59 Å². The van der Waals surface area contributed by atoms with E-state index >= 15 is 0 Å². The van der Waals surface area contributed by atoms with Crippen LogP contribution in [0.25, 0.3) is 0 Å². The molecule has 1 unspecified atom stereocenters. The molecular weight excluding hydrogens is 222 g/mol. The quantitative estimate of drug-likeness (QED) is 0.602. The van der Waals surface area contributed by atoms with Crippen molar-refractivity contribution in [2.45, 2.75) is 46.1 Å². The van der Waals surface area contributed by atoms with Gasteiger partial charge in [-0.3, -0.25) is 9.59 Å². The fourth-order valence-corrected chi connectivity index (χ4v) is 1.40. The molecule has 0 aromatic carbocycles. The van der Waals surface area contributed by atoms with E-state index in [1.54, 1.807) is 0 Å². The summed E-state index contributed by atoms with van der Waals surface area (Å²) in [7, 11) is 0. The highest BCUT2D eigenvalue weighted by atomic mass is 16.5. The van der Waals surface area contributed by atoms with Crippen LogP contribution in [0.2, 0.25) is 0 Å². The van der Waals surface area contributed by atoms with E-state index < -0.39 is 5.97 Å². The highest BCUT2D eigenvalue weighted by Crippen LogP contribution is 2.06. The molecule has 0 saturated heterocycles. The van der Waals surface area contributed by atoms with Gasteiger partial charge in [0.1, 0.15) is 0 Å². The minimum absolute atomic E-state index is 0.0329. The van der Waals surface area contributed by atoms with Crippen molar-refractivity contribution in [1.29, 1.82) is 0 Å². The number of rotatable bonds is 9. The standard InChI is InChI=1S/C12H23NO4/c1-4-17-7-5-6-11(14)13-10(9(2)3)8-12(15)16/h9-10H,4-8H2,1-3H3,(H,13,14)(H,15,16). The first kappa shape index (κ1) is 15.9. The molecule has 0 aliphatic heterocycles. The van der Waals surface area contributed by atoms with Crippen molar-refractivity contribution in [3.8, 4) is 0 Å². The maximum Gasteiger partial charge on any atom is 0.305 e. The Kier molecular flexibility index (Phi) is 8.40. The molecule has 0 aromatic rings. The molecule has 5 nitrogen and oxygen atoms in total. The zero-order valence-corrected chi connectivity index (χ0v) is 10.9. The lowest BCUT2D eigenvalue weighted by Gasteiger charge is -2.20. The van der Waals surface area contributed by atoms with Crippen LogP contribution in [0.5, 0.6) is 0 Å². The van der Waals surface area contributed by atoms with Gasteiger partial charge in [-0.05, 0) is 19.3 Å². The molecule has 0 bridgehead atoms. The summed E-state index contributed by atoms with van der Waals surface area (Å²) >= 11 is 0. The average Bonchev–Trinajstić information content (AvgIpc) is 2.22. The Morgan fingerprint density at radius 3 is 2.47 bits per heavy atom. The molecule has 2 N–H and O–H groups in total. The van der Waals surface area contributed by atoms with Gasteiger partial charge in [0.25, 0.3) is 0 Å². The molecule has 1 atom stereocenters. The van der Waals surface area contributed by atoms with Gasteiger partial charge in [0.15, 0.2) is 0 Å². The monoisotopic (exact) mass is 245 g/mol. The maximum atomic E-state index is 11.5. The first-order chi connectivity index (χ1) is 7.97. The lowest BCUT2D eigenvalue weighted by atomic mass is 10.0. The second-order valence-corrected chi connectivity index (χ2v) is 4.32. The molecule has 0 rings (SSSR count). The number of nitrogens with one attached hydrogen (secondary N) is 1. The number of carbonyl (C=O) groups excluding carboxylic acids is 1. The highest BCUT2D eigenvalue weighted by molar-refractivity contribution is 5.77. The molecule has 5 heteroatoms. The number of amides is 1. The van der Waals surface area contributed by atoms with Crippen LogP contribution in [-0.2, 0) is 14.3 Å². The molecule has 0 radical (unpaired) electrons. The first-order valence-electron chi connectivity index (χ1n) is 6.06. The molecule has 0 heterocycles. The molecule has 0 spiro atoms. The average molecular weight is 245 g/mol. The van der Waals surface area contributed by atoms with E-state index in [0.717, 1.165) is 0 Å². The third-order valence-electron chi connectivity index (χ3n) is 2.44. The maximum absolute atomic E-state index is 11.5. The normalized spacial score (nSPS) is 12.5. The van der Waals surface area contributed by atoms with Crippen LogP contribution in [0, 0.1) is 5.92 Å². The van der Waals surface area contributed by atoms with Crippen LogP contribution in [-0.4, -0.2) is 36.2 Å². The second-order valence-electron chi connectivity index (χ2n) is 4.32. The number of hydrogen-bond acceptors (Lipinski definition) is 3. The van der Waals surface area contributed by atoms with Gasteiger partial charge in [-0.15, -0.1) is 0 Å². The summed E-state index contributed by atoms with van der Waals surface area (Å²) in [5.74, 6) is -0.884. The number of aliphatic carboxylic acids is 1. The van der Waals surface area contributed by atoms with E-state index in [0.29, 0.717) is 26.1 Å².